The molecule has 2 amide bonds. The summed E-state index contributed by atoms with van der Waals surface area (Å²) in [6.07, 6.45) is 8.74. The second kappa shape index (κ2) is 10.8. The van der Waals surface area contributed by atoms with Gasteiger partial charge in [0.1, 0.15) is 6.33 Å². The number of anilines is 1. The number of rotatable bonds is 11. The lowest BCUT2D eigenvalue weighted by Gasteiger charge is -2.39. The molecule has 39 heavy (non-hydrogen) atoms. The maximum Gasteiger partial charge on any atom is 0.257 e. The number of nitrogens with zero attached hydrogens (tertiary/aromatic N) is 4. The molecule has 2 heterocycles. The van der Waals surface area contributed by atoms with Crippen LogP contribution in [0.3, 0.4) is 0 Å². The second-order valence-electron chi connectivity index (χ2n) is 11.8. The van der Waals surface area contributed by atoms with E-state index in [1.54, 1.807) is 6.33 Å². The fourth-order valence-electron chi connectivity index (χ4n) is 5.72. The maximum absolute atomic E-state index is 14.5. The van der Waals surface area contributed by atoms with E-state index in [4.69, 9.17) is 0 Å². The molecule has 6 rings (SSSR count). The van der Waals surface area contributed by atoms with E-state index in [1.807, 2.05) is 34.5 Å². The van der Waals surface area contributed by atoms with Gasteiger partial charge in [0, 0.05) is 31.3 Å². The molecule has 2 saturated carbocycles. The highest BCUT2D eigenvalue weighted by atomic mass is 32.2. The average molecular weight is 547 g/mol. The summed E-state index contributed by atoms with van der Waals surface area (Å²) in [7, 11) is 0. The van der Waals surface area contributed by atoms with Gasteiger partial charge in [0.2, 0.25) is 11.9 Å². The van der Waals surface area contributed by atoms with E-state index < -0.39 is 5.54 Å². The van der Waals surface area contributed by atoms with Crippen molar-refractivity contribution in [2.24, 2.45) is 17.8 Å². The number of allylic oxidation sites excluding steroid dienone is 2. The Hall–Kier alpha value is -3.07. The van der Waals surface area contributed by atoms with Crippen LogP contribution in [0, 0.1) is 17.8 Å². The van der Waals surface area contributed by atoms with Gasteiger partial charge in [-0.1, -0.05) is 44.2 Å². The van der Waals surface area contributed by atoms with Crippen LogP contribution in [-0.2, 0) is 21.7 Å². The quantitative estimate of drug-likeness (QED) is 0.442. The van der Waals surface area contributed by atoms with Gasteiger partial charge in [-0.05, 0) is 72.5 Å². The van der Waals surface area contributed by atoms with Crippen LogP contribution in [-0.4, -0.2) is 51.2 Å². The second-order valence-corrected chi connectivity index (χ2v) is 12.9. The van der Waals surface area contributed by atoms with Crippen molar-refractivity contribution in [3.8, 4) is 0 Å². The molecule has 0 bridgehead atoms. The van der Waals surface area contributed by atoms with E-state index >= 15 is 0 Å². The molecule has 4 aliphatic rings. The standard InChI is InChI=1S/C30H38N6O2S/c1-20(2)16-35(17-22-6-4-3-5-7-22)29-34-32-19-36(29)30(28(38)31-15-21-8-9-21)25-18-39-13-12-24(25)14-26(30)33-27(37)23-10-11-23/h3-7,14,19-21,23H,8-13,15-18H2,1-2H3,(H,31,38)(H,33,37). The van der Waals surface area contributed by atoms with Crippen LogP contribution < -0.4 is 15.5 Å². The zero-order valence-electron chi connectivity index (χ0n) is 22.9. The van der Waals surface area contributed by atoms with Gasteiger partial charge in [-0.15, -0.1) is 10.2 Å². The Bertz CT molecular complexity index is 1290. The minimum Gasteiger partial charge on any atom is -0.353 e. The van der Waals surface area contributed by atoms with Crippen molar-refractivity contribution in [3.05, 3.63) is 65.1 Å². The third-order valence-electron chi connectivity index (χ3n) is 8.05. The van der Waals surface area contributed by atoms with E-state index in [-0.39, 0.29) is 17.7 Å². The topological polar surface area (TPSA) is 92.2 Å². The van der Waals surface area contributed by atoms with Crippen molar-refractivity contribution in [3.63, 3.8) is 0 Å². The number of nitrogens with one attached hydrogen (secondary N) is 2. The van der Waals surface area contributed by atoms with Crippen LogP contribution >= 0.6 is 11.8 Å². The molecule has 0 radical (unpaired) electrons. The fourth-order valence-corrected chi connectivity index (χ4v) is 6.82. The van der Waals surface area contributed by atoms with Crippen LogP contribution in [0.4, 0.5) is 5.95 Å². The van der Waals surface area contributed by atoms with Crippen molar-refractivity contribution >= 4 is 29.5 Å². The predicted molar refractivity (Wildman–Crippen MR) is 154 cm³/mol. The summed E-state index contributed by atoms with van der Waals surface area (Å²) < 4.78 is 1.95. The number of aromatic nitrogens is 3. The summed E-state index contributed by atoms with van der Waals surface area (Å²) in [6, 6.07) is 10.3. The zero-order chi connectivity index (χ0) is 27.0. The Morgan fingerprint density at radius 2 is 1.97 bits per heavy atom. The summed E-state index contributed by atoms with van der Waals surface area (Å²) >= 11 is 1.84. The van der Waals surface area contributed by atoms with E-state index in [0.29, 0.717) is 36.6 Å². The SMILES string of the molecule is CC(C)CN(Cc1ccccc1)c1nncn1C1(C(=O)NCC2CC2)C(NC(=O)C2CC2)=CC2=C1CSCC2. The Morgan fingerprint density at radius 1 is 1.18 bits per heavy atom. The molecule has 8 nitrogen and oxygen atoms in total. The number of carbonyl (C=O) groups is 2. The molecule has 2 N–H and O–H groups in total. The van der Waals surface area contributed by atoms with Crippen LogP contribution in [0.25, 0.3) is 0 Å². The highest BCUT2D eigenvalue weighted by molar-refractivity contribution is 7.99. The minimum absolute atomic E-state index is 0.00562. The summed E-state index contributed by atoms with van der Waals surface area (Å²) in [5.74, 6) is 3.21. The lowest BCUT2D eigenvalue weighted by atomic mass is 9.87. The lowest BCUT2D eigenvalue weighted by molar-refractivity contribution is -0.127. The summed E-state index contributed by atoms with van der Waals surface area (Å²) in [6.45, 7) is 6.42. The molecule has 2 fully saturated rings. The van der Waals surface area contributed by atoms with Gasteiger partial charge in [0.15, 0.2) is 5.54 Å². The highest BCUT2D eigenvalue weighted by Crippen LogP contribution is 2.48. The number of hydrogen-bond donors (Lipinski definition) is 2. The molecule has 206 valence electrons. The minimum atomic E-state index is -1.22. The third-order valence-corrected chi connectivity index (χ3v) is 9.04. The van der Waals surface area contributed by atoms with Gasteiger partial charge in [-0.3, -0.25) is 14.2 Å². The van der Waals surface area contributed by atoms with Crippen LogP contribution in [0.15, 0.2) is 59.6 Å². The van der Waals surface area contributed by atoms with E-state index in [9.17, 15) is 9.59 Å². The van der Waals surface area contributed by atoms with Gasteiger partial charge >= 0.3 is 0 Å². The van der Waals surface area contributed by atoms with Gasteiger partial charge in [0.05, 0.1) is 5.70 Å². The van der Waals surface area contributed by atoms with E-state index in [1.165, 1.54) is 0 Å². The van der Waals surface area contributed by atoms with Crippen molar-refractivity contribution in [1.82, 2.24) is 25.4 Å². The Balaban J connectivity index is 1.47. The first-order valence-electron chi connectivity index (χ1n) is 14.3. The van der Waals surface area contributed by atoms with Crippen LogP contribution in [0.5, 0.6) is 0 Å². The summed E-state index contributed by atoms with van der Waals surface area (Å²) in [5, 5.41) is 15.5. The Morgan fingerprint density at radius 3 is 2.69 bits per heavy atom. The first-order valence-corrected chi connectivity index (χ1v) is 15.4. The molecule has 0 saturated heterocycles. The van der Waals surface area contributed by atoms with Crippen LogP contribution in [0.2, 0.25) is 0 Å². The molecular formula is C30H38N6O2S. The smallest absolute Gasteiger partial charge is 0.257 e. The predicted octanol–water partition coefficient (Wildman–Crippen LogP) is 4.02. The normalized spacial score (nSPS) is 22.5. The van der Waals surface area contributed by atoms with Gasteiger partial charge in [-0.2, -0.15) is 11.8 Å². The van der Waals surface area contributed by atoms with E-state index in [2.05, 4.69) is 57.8 Å². The molecule has 1 unspecified atom stereocenters. The molecular weight excluding hydrogens is 508 g/mol. The lowest BCUT2D eigenvalue weighted by Crippen LogP contribution is -2.55. The van der Waals surface area contributed by atoms with Gasteiger partial charge < -0.3 is 15.5 Å². The fraction of sp³-hybridized carbons (Fsp3) is 0.533. The van der Waals surface area contributed by atoms with Gasteiger partial charge in [-0.25, -0.2) is 0 Å². The largest absolute Gasteiger partial charge is 0.353 e. The van der Waals surface area contributed by atoms with Crippen molar-refractivity contribution < 1.29 is 9.59 Å². The van der Waals surface area contributed by atoms with Crippen molar-refractivity contribution in [2.75, 3.05) is 29.5 Å². The number of hydrogen-bond acceptors (Lipinski definition) is 6. The first kappa shape index (κ1) is 26.2. The molecule has 1 aromatic carbocycles. The van der Waals surface area contributed by atoms with Crippen molar-refractivity contribution in [2.45, 2.75) is 58.0 Å². The maximum atomic E-state index is 14.5. The molecule has 9 heteroatoms. The van der Waals surface area contributed by atoms with Crippen molar-refractivity contribution in [1.29, 1.82) is 0 Å². The molecule has 0 spiro atoms. The Labute approximate surface area is 234 Å². The first-order chi connectivity index (χ1) is 19.0. The Kier molecular flexibility index (Phi) is 7.27. The molecule has 2 aromatic rings. The monoisotopic (exact) mass is 546 g/mol. The van der Waals surface area contributed by atoms with E-state index in [0.717, 1.165) is 66.9 Å². The number of benzene rings is 1. The average Bonchev–Trinajstić information content (AvgIpc) is 3.86. The third kappa shape index (κ3) is 5.25. The summed E-state index contributed by atoms with van der Waals surface area (Å²) in [5.41, 5.74) is 2.79. The molecule has 1 aliphatic heterocycles. The number of carbonyl (C=O) groups excluding carboxylic acids is 2. The van der Waals surface area contributed by atoms with Gasteiger partial charge in [0.25, 0.3) is 5.91 Å². The highest BCUT2D eigenvalue weighted by Gasteiger charge is 2.54. The molecule has 1 atom stereocenters. The summed E-state index contributed by atoms with van der Waals surface area (Å²) in [4.78, 5) is 29.9. The van der Waals surface area contributed by atoms with Crippen LogP contribution in [0.1, 0.15) is 51.5 Å². The molecule has 1 aromatic heterocycles. The number of thioether (sulfide) groups is 1. The number of amides is 2. The zero-order valence-corrected chi connectivity index (χ0v) is 23.7. The molecule has 3 aliphatic carbocycles.